The van der Waals surface area contributed by atoms with Gasteiger partial charge in [0.2, 0.25) is 11.8 Å². The highest BCUT2D eigenvalue weighted by atomic mass is 32.1. The molecule has 5 heteroatoms. The van der Waals surface area contributed by atoms with Crippen LogP contribution in [0, 0.1) is 6.92 Å². The zero-order valence-corrected chi connectivity index (χ0v) is 10.9. The Hall–Kier alpha value is -1.62. The van der Waals surface area contributed by atoms with E-state index in [1.807, 2.05) is 24.4 Å². The van der Waals surface area contributed by atoms with Crippen LogP contribution in [0.2, 0.25) is 0 Å². The molecule has 1 amide bonds. The highest BCUT2D eigenvalue weighted by molar-refractivity contribution is 7.13. The van der Waals surface area contributed by atoms with Gasteiger partial charge >= 0.3 is 0 Å². The second-order valence-corrected chi connectivity index (χ2v) is 4.91. The van der Waals surface area contributed by atoms with Crippen LogP contribution in [0.3, 0.4) is 0 Å². The Balaban J connectivity index is 2.23. The first-order valence-electron chi connectivity index (χ1n) is 5.28. The summed E-state index contributed by atoms with van der Waals surface area (Å²) in [6.07, 6.45) is 0.285. The largest absolute Gasteiger partial charge is 0.440 e. The van der Waals surface area contributed by atoms with Gasteiger partial charge in [-0.1, -0.05) is 6.07 Å². The first-order chi connectivity index (χ1) is 8.08. The highest BCUT2D eigenvalue weighted by Gasteiger charge is 2.15. The maximum Gasteiger partial charge on any atom is 0.236 e. The second kappa shape index (κ2) is 4.71. The summed E-state index contributed by atoms with van der Waals surface area (Å²) >= 11 is 1.57. The average molecular weight is 250 g/mol. The molecule has 0 unspecified atom stereocenters. The van der Waals surface area contributed by atoms with Crippen molar-refractivity contribution in [3.05, 3.63) is 29.0 Å². The first-order valence-corrected chi connectivity index (χ1v) is 6.16. The van der Waals surface area contributed by atoms with E-state index < -0.39 is 0 Å². The normalized spacial score (nSPS) is 10.5. The fourth-order valence-electron chi connectivity index (χ4n) is 1.40. The van der Waals surface area contributed by atoms with E-state index >= 15 is 0 Å². The van der Waals surface area contributed by atoms with E-state index in [4.69, 9.17) is 4.42 Å². The van der Waals surface area contributed by atoms with Crippen LogP contribution in [0.15, 0.2) is 21.9 Å². The van der Waals surface area contributed by atoms with Crippen molar-refractivity contribution in [3.63, 3.8) is 0 Å². The van der Waals surface area contributed by atoms with Gasteiger partial charge < -0.3 is 9.32 Å². The van der Waals surface area contributed by atoms with Crippen molar-refractivity contribution < 1.29 is 9.21 Å². The lowest BCUT2D eigenvalue weighted by molar-refractivity contribution is -0.128. The van der Waals surface area contributed by atoms with Crippen molar-refractivity contribution in [3.8, 4) is 10.8 Å². The van der Waals surface area contributed by atoms with Crippen molar-refractivity contribution in [2.24, 2.45) is 0 Å². The van der Waals surface area contributed by atoms with E-state index in [2.05, 4.69) is 4.98 Å². The monoisotopic (exact) mass is 250 g/mol. The number of amides is 1. The molecule has 0 aliphatic carbocycles. The topological polar surface area (TPSA) is 46.3 Å². The minimum absolute atomic E-state index is 0.0270. The SMILES string of the molecule is Cc1oc(-c2cccs2)nc1CC(=O)N(C)C. The summed E-state index contributed by atoms with van der Waals surface area (Å²) in [7, 11) is 3.47. The minimum Gasteiger partial charge on any atom is -0.440 e. The summed E-state index contributed by atoms with van der Waals surface area (Å²) < 4.78 is 5.57. The minimum atomic E-state index is 0.0270. The molecule has 0 aromatic carbocycles. The van der Waals surface area contributed by atoms with E-state index in [-0.39, 0.29) is 12.3 Å². The number of rotatable bonds is 3. The summed E-state index contributed by atoms with van der Waals surface area (Å²) in [4.78, 5) is 18.5. The Labute approximate surface area is 104 Å². The van der Waals surface area contributed by atoms with Crippen LogP contribution < -0.4 is 0 Å². The van der Waals surface area contributed by atoms with Crippen LogP contribution in [0.5, 0.6) is 0 Å². The Morgan fingerprint density at radius 3 is 2.88 bits per heavy atom. The number of hydrogen-bond acceptors (Lipinski definition) is 4. The van der Waals surface area contributed by atoms with Gasteiger partial charge in [0.1, 0.15) is 5.76 Å². The fraction of sp³-hybridized carbons (Fsp3) is 0.333. The van der Waals surface area contributed by atoms with Gasteiger partial charge in [0.15, 0.2) is 0 Å². The molecule has 2 aromatic heterocycles. The van der Waals surface area contributed by atoms with Gasteiger partial charge in [0, 0.05) is 14.1 Å². The highest BCUT2D eigenvalue weighted by Crippen LogP contribution is 2.26. The van der Waals surface area contributed by atoms with Crippen molar-refractivity contribution in [1.82, 2.24) is 9.88 Å². The molecule has 4 nitrogen and oxygen atoms in total. The van der Waals surface area contributed by atoms with Crippen LogP contribution in [-0.4, -0.2) is 29.9 Å². The predicted octanol–water partition coefficient (Wildman–Crippen LogP) is 2.34. The number of hydrogen-bond donors (Lipinski definition) is 0. The average Bonchev–Trinajstić information content (AvgIpc) is 2.88. The van der Waals surface area contributed by atoms with Gasteiger partial charge in [-0.15, -0.1) is 11.3 Å². The smallest absolute Gasteiger partial charge is 0.236 e. The van der Waals surface area contributed by atoms with Crippen LogP contribution in [0.25, 0.3) is 10.8 Å². The molecule has 0 saturated heterocycles. The molecule has 0 spiro atoms. The molecule has 17 heavy (non-hydrogen) atoms. The molecule has 2 rings (SSSR count). The number of carbonyl (C=O) groups excluding carboxylic acids is 1. The lowest BCUT2D eigenvalue weighted by atomic mass is 10.2. The van der Waals surface area contributed by atoms with Gasteiger partial charge in [-0.2, -0.15) is 0 Å². The third-order valence-electron chi connectivity index (χ3n) is 2.44. The molecule has 2 aromatic rings. The second-order valence-electron chi connectivity index (χ2n) is 3.96. The Morgan fingerprint density at radius 2 is 2.29 bits per heavy atom. The molecule has 0 N–H and O–H groups in total. The van der Waals surface area contributed by atoms with Gasteiger partial charge in [-0.05, 0) is 18.4 Å². The predicted molar refractivity (Wildman–Crippen MR) is 67.0 cm³/mol. The maximum atomic E-state index is 11.6. The van der Waals surface area contributed by atoms with E-state index in [1.54, 1.807) is 30.3 Å². The number of aryl methyl sites for hydroxylation is 1. The van der Waals surface area contributed by atoms with Gasteiger partial charge in [0.05, 0.1) is 17.0 Å². The Kier molecular flexibility index (Phi) is 3.28. The zero-order valence-electron chi connectivity index (χ0n) is 10.1. The fourth-order valence-corrected chi connectivity index (χ4v) is 2.05. The third-order valence-corrected chi connectivity index (χ3v) is 3.30. The molecular weight excluding hydrogens is 236 g/mol. The molecule has 0 radical (unpaired) electrons. The van der Waals surface area contributed by atoms with Crippen LogP contribution >= 0.6 is 11.3 Å². The molecule has 0 aliphatic rings. The van der Waals surface area contributed by atoms with Crippen molar-refractivity contribution >= 4 is 17.2 Å². The van der Waals surface area contributed by atoms with E-state index in [0.717, 1.165) is 4.88 Å². The summed E-state index contributed by atoms with van der Waals surface area (Å²) in [6, 6.07) is 3.90. The van der Waals surface area contributed by atoms with Gasteiger partial charge in [-0.3, -0.25) is 4.79 Å². The van der Waals surface area contributed by atoms with Crippen LogP contribution in [0.1, 0.15) is 11.5 Å². The van der Waals surface area contributed by atoms with E-state index in [9.17, 15) is 4.79 Å². The molecule has 2 heterocycles. The quantitative estimate of drug-likeness (QED) is 0.840. The Morgan fingerprint density at radius 1 is 1.53 bits per heavy atom. The number of nitrogens with zero attached hydrogens (tertiary/aromatic N) is 2. The zero-order chi connectivity index (χ0) is 12.4. The van der Waals surface area contributed by atoms with Gasteiger partial charge in [-0.25, -0.2) is 4.98 Å². The number of thiophene rings is 1. The van der Waals surface area contributed by atoms with Gasteiger partial charge in [0.25, 0.3) is 0 Å². The molecular formula is C12H14N2O2S. The Bertz CT molecular complexity index is 515. The van der Waals surface area contributed by atoms with Crippen molar-refractivity contribution in [2.45, 2.75) is 13.3 Å². The first kappa shape index (κ1) is 11.9. The third kappa shape index (κ3) is 2.55. The standard InChI is InChI=1S/C12H14N2O2S/c1-8-9(7-11(15)14(2)3)13-12(16-8)10-5-4-6-17-10/h4-6H,7H2,1-3H3. The molecule has 0 bridgehead atoms. The lowest BCUT2D eigenvalue weighted by Crippen LogP contribution is -2.23. The number of oxazole rings is 1. The summed E-state index contributed by atoms with van der Waals surface area (Å²) in [5.41, 5.74) is 0.715. The molecule has 0 aliphatic heterocycles. The molecule has 0 saturated carbocycles. The van der Waals surface area contributed by atoms with Crippen molar-refractivity contribution in [1.29, 1.82) is 0 Å². The molecule has 0 atom stereocenters. The lowest BCUT2D eigenvalue weighted by Gasteiger charge is -2.08. The molecule has 90 valence electrons. The number of aromatic nitrogens is 1. The maximum absolute atomic E-state index is 11.6. The van der Waals surface area contributed by atoms with E-state index in [0.29, 0.717) is 17.3 Å². The van der Waals surface area contributed by atoms with Crippen molar-refractivity contribution in [2.75, 3.05) is 14.1 Å². The molecule has 0 fully saturated rings. The summed E-state index contributed by atoms with van der Waals surface area (Å²) in [5, 5.41) is 1.97. The van der Waals surface area contributed by atoms with E-state index in [1.165, 1.54) is 0 Å². The van der Waals surface area contributed by atoms with Crippen LogP contribution in [-0.2, 0) is 11.2 Å². The summed E-state index contributed by atoms with van der Waals surface area (Å²) in [6.45, 7) is 1.84. The van der Waals surface area contributed by atoms with Crippen LogP contribution in [0.4, 0.5) is 0 Å². The summed E-state index contributed by atoms with van der Waals surface area (Å²) in [5.74, 6) is 1.33. The number of carbonyl (C=O) groups is 1. The number of likely N-dealkylation sites (N-methyl/N-ethyl adjacent to an activating group) is 1.